The third-order valence-electron chi connectivity index (χ3n) is 2.13. The van der Waals surface area contributed by atoms with Gasteiger partial charge in [0.05, 0.1) is 17.4 Å². The molecule has 0 aliphatic rings. The van der Waals surface area contributed by atoms with Crippen LogP contribution in [0.4, 0.5) is 5.69 Å². The van der Waals surface area contributed by atoms with Crippen molar-refractivity contribution in [2.24, 2.45) is 0 Å². The van der Waals surface area contributed by atoms with E-state index in [-0.39, 0.29) is 0 Å². The van der Waals surface area contributed by atoms with Gasteiger partial charge >= 0.3 is 5.97 Å². The van der Waals surface area contributed by atoms with Gasteiger partial charge in [0.2, 0.25) is 0 Å². The number of rotatable bonds is 4. The van der Waals surface area contributed by atoms with Gasteiger partial charge in [-0.05, 0) is 19.9 Å². The second kappa shape index (κ2) is 4.60. The van der Waals surface area contributed by atoms with Gasteiger partial charge < -0.3 is 10.0 Å². The van der Waals surface area contributed by atoms with E-state index >= 15 is 0 Å². The second-order valence-electron chi connectivity index (χ2n) is 2.87. The standard InChI is InChI=1S/C10H14N2O2/c1-3-12(4-2)9-7-11-6-5-8(9)10(13)14/h5-7H,3-4H2,1-2H3,(H,13,14). The number of hydrogen-bond acceptors (Lipinski definition) is 3. The summed E-state index contributed by atoms with van der Waals surface area (Å²) in [5, 5.41) is 8.95. The summed E-state index contributed by atoms with van der Waals surface area (Å²) in [6.07, 6.45) is 3.09. The minimum absolute atomic E-state index is 0.309. The third kappa shape index (κ3) is 2.02. The van der Waals surface area contributed by atoms with Crippen molar-refractivity contribution in [1.29, 1.82) is 0 Å². The van der Waals surface area contributed by atoms with E-state index in [4.69, 9.17) is 5.11 Å². The second-order valence-corrected chi connectivity index (χ2v) is 2.87. The van der Waals surface area contributed by atoms with Gasteiger partial charge in [-0.1, -0.05) is 0 Å². The van der Waals surface area contributed by atoms with Crippen LogP contribution in [0.3, 0.4) is 0 Å². The van der Waals surface area contributed by atoms with Gasteiger partial charge in [0, 0.05) is 19.3 Å². The number of aromatic carboxylic acids is 1. The lowest BCUT2D eigenvalue weighted by Crippen LogP contribution is -2.24. The molecule has 0 spiro atoms. The number of carboxylic acids is 1. The summed E-state index contributed by atoms with van der Waals surface area (Å²) in [6.45, 7) is 5.54. The van der Waals surface area contributed by atoms with Crippen molar-refractivity contribution >= 4 is 11.7 Å². The van der Waals surface area contributed by atoms with E-state index in [2.05, 4.69) is 4.98 Å². The Morgan fingerprint density at radius 1 is 1.50 bits per heavy atom. The SMILES string of the molecule is CCN(CC)c1cnccc1C(=O)O. The Balaban J connectivity index is 3.11. The highest BCUT2D eigenvalue weighted by molar-refractivity contribution is 5.94. The number of carbonyl (C=O) groups is 1. The lowest BCUT2D eigenvalue weighted by atomic mass is 10.2. The first-order valence-electron chi connectivity index (χ1n) is 4.63. The molecule has 1 rings (SSSR count). The molecule has 14 heavy (non-hydrogen) atoms. The molecule has 0 aromatic carbocycles. The van der Waals surface area contributed by atoms with Gasteiger partial charge in [-0.2, -0.15) is 0 Å². The molecule has 76 valence electrons. The Morgan fingerprint density at radius 2 is 2.14 bits per heavy atom. The van der Waals surface area contributed by atoms with Gasteiger partial charge in [0.25, 0.3) is 0 Å². The molecule has 1 aromatic heterocycles. The molecule has 0 atom stereocenters. The van der Waals surface area contributed by atoms with E-state index in [1.165, 1.54) is 12.3 Å². The molecule has 0 saturated carbocycles. The highest BCUT2D eigenvalue weighted by atomic mass is 16.4. The van der Waals surface area contributed by atoms with Crippen LogP contribution in [0.1, 0.15) is 24.2 Å². The molecule has 0 radical (unpaired) electrons. The van der Waals surface area contributed by atoms with Gasteiger partial charge in [0.15, 0.2) is 0 Å². The molecule has 4 heteroatoms. The molecule has 1 aromatic rings. The largest absolute Gasteiger partial charge is 0.478 e. The van der Waals surface area contributed by atoms with Crippen LogP contribution in [0, 0.1) is 0 Å². The maximum absolute atomic E-state index is 10.9. The number of anilines is 1. The summed E-state index contributed by atoms with van der Waals surface area (Å²) < 4.78 is 0. The smallest absolute Gasteiger partial charge is 0.337 e. The minimum Gasteiger partial charge on any atom is -0.478 e. The van der Waals surface area contributed by atoms with Gasteiger partial charge in [-0.15, -0.1) is 0 Å². The number of hydrogen-bond donors (Lipinski definition) is 1. The summed E-state index contributed by atoms with van der Waals surface area (Å²) in [4.78, 5) is 16.8. The first kappa shape index (κ1) is 10.5. The van der Waals surface area contributed by atoms with Crippen molar-refractivity contribution in [3.63, 3.8) is 0 Å². The van der Waals surface area contributed by atoms with E-state index < -0.39 is 5.97 Å². The fourth-order valence-electron chi connectivity index (χ4n) is 1.38. The van der Waals surface area contributed by atoms with Crippen LogP contribution in [0.5, 0.6) is 0 Å². The molecule has 0 saturated heterocycles. The van der Waals surface area contributed by atoms with Crippen molar-refractivity contribution in [3.8, 4) is 0 Å². The molecule has 0 unspecified atom stereocenters. The van der Waals surface area contributed by atoms with Gasteiger partial charge in [-0.25, -0.2) is 4.79 Å². The molecular formula is C10H14N2O2. The Morgan fingerprint density at radius 3 is 2.64 bits per heavy atom. The van der Waals surface area contributed by atoms with Crippen LogP contribution in [0.2, 0.25) is 0 Å². The fraction of sp³-hybridized carbons (Fsp3) is 0.400. The minimum atomic E-state index is -0.908. The third-order valence-corrected chi connectivity index (χ3v) is 2.13. The molecule has 1 N–H and O–H groups in total. The van der Waals surface area contributed by atoms with E-state index in [9.17, 15) is 4.79 Å². The molecule has 4 nitrogen and oxygen atoms in total. The van der Waals surface area contributed by atoms with Crippen LogP contribution < -0.4 is 4.90 Å². The van der Waals surface area contributed by atoms with E-state index in [1.54, 1.807) is 6.20 Å². The van der Waals surface area contributed by atoms with Crippen molar-refractivity contribution in [2.45, 2.75) is 13.8 Å². The number of carboxylic acid groups (broad SMARTS) is 1. The van der Waals surface area contributed by atoms with Crippen molar-refractivity contribution in [3.05, 3.63) is 24.0 Å². The summed E-state index contributed by atoms with van der Waals surface area (Å²) >= 11 is 0. The van der Waals surface area contributed by atoms with Crippen LogP contribution in [0.25, 0.3) is 0 Å². The predicted molar refractivity (Wildman–Crippen MR) is 54.8 cm³/mol. The normalized spacial score (nSPS) is 9.86. The summed E-state index contributed by atoms with van der Waals surface area (Å²) in [5.74, 6) is -0.908. The first-order valence-corrected chi connectivity index (χ1v) is 4.63. The van der Waals surface area contributed by atoms with Crippen molar-refractivity contribution < 1.29 is 9.90 Å². The topological polar surface area (TPSA) is 53.4 Å². The van der Waals surface area contributed by atoms with Crippen molar-refractivity contribution in [2.75, 3.05) is 18.0 Å². The zero-order chi connectivity index (χ0) is 10.6. The maximum Gasteiger partial charge on any atom is 0.337 e. The molecule has 0 amide bonds. The summed E-state index contributed by atoms with van der Waals surface area (Å²) in [7, 11) is 0. The van der Waals surface area contributed by atoms with Gasteiger partial charge in [0.1, 0.15) is 0 Å². The molecule has 0 bridgehead atoms. The quantitative estimate of drug-likeness (QED) is 0.791. The van der Waals surface area contributed by atoms with Crippen LogP contribution >= 0.6 is 0 Å². The lowest BCUT2D eigenvalue weighted by molar-refractivity contribution is 0.0697. The molecule has 1 heterocycles. The van der Waals surface area contributed by atoms with Crippen LogP contribution in [-0.4, -0.2) is 29.1 Å². The Bertz CT molecular complexity index is 322. The molecular weight excluding hydrogens is 180 g/mol. The van der Waals surface area contributed by atoms with E-state index in [1.807, 2.05) is 18.7 Å². The number of nitrogens with zero attached hydrogens (tertiary/aromatic N) is 2. The van der Waals surface area contributed by atoms with Crippen molar-refractivity contribution in [1.82, 2.24) is 4.98 Å². The molecule has 0 aliphatic carbocycles. The average Bonchev–Trinajstić information content (AvgIpc) is 2.20. The highest BCUT2D eigenvalue weighted by Crippen LogP contribution is 2.18. The Kier molecular flexibility index (Phi) is 3.45. The van der Waals surface area contributed by atoms with Gasteiger partial charge in [-0.3, -0.25) is 4.98 Å². The first-order chi connectivity index (χ1) is 6.70. The predicted octanol–water partition coefficient (Wildman–Crippen LogP) is 1.63. The lowest BCUT2D eigenvalue weighted by Gasteiger charge is -2.21. The maximum atomic E-state index is 10.9. The Labute approximate surface area is 83.2 Å². The fourth-order valence-corrected chi connectivity index (χ4v) is 1.38. The zero-order valence-corrected chi connectivity index (χ0v) is 8.40. The summed E-state index contributed by atoms with van der Waals surface area (Å²) in [5.41, 5.74) is 0.994. The number of aromatic nitrogens is 1. The van der Waals surface area contributed by atoms with Crippen LogP contribution in [0.15, 0.2) is 18.5 Å². The monoisotopic (exact) mass is 194 g/mol. The molecule has 0 fully saturated rings. The average molecular weight is 194 g/mol. The zero-order valence-electron chi connectivity index (χ0n) is 8.40. The van der Waals surface area contributed by atoms with Crippen LogP contribution in [-0.2, 0) is 0 Å². The Hall–Kier alpha value is -1.58. The van der Waals surface area contributed by atoms with E-state index in [0.717, 1.165) is 13.1 Å². The summed E-state index contributed by atoms with van der Waals surface area (Å²) in [6, 6.07) is 1.52. The highest BCUT2D eigenvalue weighted by Gasteiger charge is 2.13. The van der Waals surface area contributed by atoms with E-state index in [0.29, 0.717) is 11.3 Å². The number of pyridine rings is 1. The molecule has 0 aliphatic heterocycles.